The van der Waals surface area contributed by atoms with Gasteiger partial charge in [0.25, 0.3) is 5.91 Å². The van der Waals surface area contributed by atoms with Gasteiger partial charge in [0.15, 0.2) is 0 Å². The quantitative estimate of drug-likeness (QED) is 0.787. The number of benzene rings is 1. The maximum atomic E-state index is 13.9. The largest absolute Gasteiger partial charge is 0.343 e. The average molecular weight is 342 g/mol. The van der Waals surface area contributed by atoms with Crippen molar-refractivity contribution in [2.75, 3.05) is 0 Å². The minimum absolute atomic E-state index is 0.251. The van der Waals surface area contributed by atoms with Crippen molar-refractivity contribution in [2.45, 2.75) is 19.9 Å². The van der Waals surface area contributed by atoms with E-state index in [9.17, 15) is 9.18 Å². The Bertz CT molecular complexity index is 866. The molecule has 1 N–H and O–H groups in total. The maximum absolute atomic E-state index is 13.9. The highest BCUT2D eigenvalue weighted by molar-refractivity contribution is 7.15. The van der Waals surface area contributed by atoms with Crippen LogP contribution in [0.25, 0.3) is 10.6 Å². The molecular formula is C17H15FN4OS. The Morgan fingerprint density at radius 3 is 2.79 bits per heavy atom. The van der Waals surface area contributed by atoms with Gasteiger partial charge in [-0.2, -0.15) is 0 Å². The van der Waals surface area contributed by atoms with E-state index < -0.39 is 0 Å². The van der Waals surface area contributed by atoms with Gasteiger partial charge in [-0.25, -0.2) is 14.4 Å². The second-order valence-corrected chi connectivity index (χ2v) is 6.26. The summed E-state index contributed by atoms with van der Waals surface area (Å²) < 4.78 is 13.9. The molecule has 3 rings (SSSR count). The number of nitrogens with zero attached hydrogens (tertiary/aromatic N) is 3. The topological polar surface area (TPSA) is 67.8 Å². The molecule has 0 aliphatic heterocycles. The molecule has 0 aliphatic carbocycles. The summed E-state index contributed by atoms with van der Waals surface area (Å²) in [5.74, 6) is -0.620. The van der Waals surface area contributed by atoms with Gasteiger partial charge in [0, 0.05) is 18.0 Å². The first-order valence-corrected chi connectivity index (χ1v) is 8.17. The highest BCUT2D eigenvalue weighted by Gasteiger charge is 2.19. The van der Waals surface area contributed by atoms with Crippen LogP contribution in [-0.4, -0.2) is 20.9 Å². The van der Waals surface area contributed by atoms with Crippen molar-refractivity contribution in [1.29, 1.82) is 0 Å². The van der Waals surface area contributed by atoms with Crippen molar-refractivity contribution in [3.63, 3.8) is 0 Å². The molecule has 1 atom stereocenters. The van der Waals surface area contributed by atoms with Gasteiger partial charge in [0.2, 0.25) is 0 Å². The number of halogens is 1. The number of nitrogens with one attached hydrogen (secondary N) is 1. The van der Waals surface area contributed by atoms with Crippen LogP contribution in [0.3, 0.4) is 0 Å². The third-order valence-electron chi connectivity index (χ3n) is 3.47. The van der Waals surface area contributed by atoms with Gasteiger partial charge >= 0.3 is 0 Å². The fourth-order valence-electron chi connectivity index (χ4n) is 2.31. The van der Waals surface area contributed by atoms with Crippen LogP contribution in [0.15, 0.2) is 42.9 Å². The molecule has 0 fully saturated rings. The summed E-state index contributed by atoms with van der Waals surface area (Å²) in [5, 5.41) is 3.47. The minimum atomic E-state index is -0.311. The third-order valence-corrected chi connectivity index (χ3v) is 4.85. The van der Waals surface area contributed by atoms with Gasteiger partial charge in [0.05, 0.1) is 22.8 Å². The Morgan fingerprint density at radius 1 is 1.29 bits per heavy atom. The first-order chi connectivity index (χ1) is 11.6. The number of amides is 1. The van der Waals surface area contributed by atoms with E-state index in [-0.39, 0.29) is 23.5 Å². The van der Waals surface area contributed by atoms with Gasteiger partial charge in [-0.1, -0.05) is 12.1 Å². The van der Waals surface area contributed by atoms with Crippen LogP contribution in [0.2, 0.25) is 0 Å². The lowest BCUT2D eigenvalue weighted by molar-refractivity contribution is 0.0935. The van der Waals surface area contributed by atoms with Crippen LogP contribution in [0.5, 0.6) is 0 Å². The van der Waals surface area contributed by atoms with Crippen molar-refractivity contribution in [2.24, 2.45) is 0 Å². The molecule has 122 valence electrons. The Hall–Kier alpha value is -2.67. The smallest absolute Gasteiger partial charge is 0.271 e. The lowest BCUT2D eigenvalue weighted by Gasteiger charge is -2.12. The molecule has 24 heavy (non-hydrogen) atoms. The van der Waals surface area contributed by atoms with Crippen molar-refractivity contribution >= 4 is 17.2 Å². The molecule has 3 aromatic rings. The summed E-state index contributed by atoms with van der Waals surface area (Å²) in [4.78, 5) is 25.4. The molecule has 0 saturated heterocycles. The van der Waals surface area contributed by atoms with Gasteiger partial charge in [-0.05, 0) is 26.0 Å². The summed E-state index contributed by atoms with van der Waals surface area (Å²) in [6.07, 6.45) is 4.38. The fourth-order valence-corrected chi connectivity index (χ4v) is 3.41. The summed E-state index contributed by atoms with van der Waals surface area (Å²) in [7, 11) is 0. The molecule has 0 spiro atoms. The van der Waals surface area contributed by atoms with Crippen LogP contribution in [-0.2, 0) is 0 Å². The fraction of sp³-hybridized carbons (Fsp3) is 0.176. The number of carbonyl (C=O) groups excluding carboxylic acids is 1. The number of rotatable bonds is 4. The summed E-state index contributed by atoms with van der Waals surface area (Å²) in [6, 6.07) is 6.25. The third kappa shape index (κ3) is 3.30. The number of hydrogen-bond donors (Lipinski definition) is 1. The van der Waals surface area contributed by atoms with Crippen molar-refractivity contribution in [3.05, 3.63) is 64.9 Å². The van der Waals surface area contributed by atoms with E-state index in [1.165, 1.54) is 36.0 Å². The van der Waals surface area contributed by atoms with Gasteiger partial charge in [-0.15, -0.1) is 11.3 Å². The maximum Gasteiger partial charge on any atom is 0.271 e. The molecule has 0 radical (unpaired) electrons. The van der Waals surface area contributed by atoms with E-state index in [2.05, 4.69) is 20.3 Å². The molecule has 1 amide bonds. The Morgan fingerprint density at radius 2 is 2.08 bits per heavy atom. The zero-order chi connectivity index (χ0) is 17.1. The van der Waals surface area contributed by atoms with E-state index in [1.54, 1.807) is 18.2 Å². The Labute approximate surface area is 142 Å². The molecule has 2 heterocycles. The zero-order valence-electron chi connectivity index (χ0n) is 13.2. The normalized spacial score (nSPS) is 12.0. The van der Waals surface area contributed by atoms with Gasteiger partial charge in [0.1, 0.15) is 16.5 Å². The van der Waals surface area contributed by atoms with E-state index in [0.29, 0.717) is 10.6 Å². The number of hydrogen-bond acceptors (Lipinski definition) is 5. The molecule has 7 heteroatoms. The predicted octanol–water partition coefficient (Wildman–Crippen LogP) is 3.54. The minimum Gasteiger partial charge on any atom is -0.343 e. The second-order valence-electron chi connectivity index (χ2n) is 5.23. The summed E-state index contributed by atoms with van der Waals surface area (Å²) in [6.45, 7) is 3.71. The molecule has 0 unspecified atom stereocenters. The Balaban J connectivity index is 1.82. The average Bonchev–Trinajstić information content (AvgIpc) is 2.97. The van der Waals surface area contributed by atoms with Gasteiger partial charge in [-0.3, -0.25) is 9.78 Å². The molecule has 0 aliphatic rings. The summed E-state index contributed by atoms with van der Waals surface area (Å²) in [5.41, 5.74) is 1.48. The van der Waals surface area contributed by atoms with Crippen molar-refractivity contribution in [1.82, 2.24) is 20.3 Å². The van der Waals surface area contributed by atoms with Crippen LogP contribution >= 0.6 is 11.3 Å². The van der Waals surface area contributed by atoms with Gasteiger partial charge < -0.3 is 5.32 Å². The van der Waals surface area contributed by atoms with Crippen molar-refractivity contribution in [3.8, 4) is 10.6 Å². The first-order valence-electron chi connectivity index (χ1n) is 7.35. The standard InChI is InChI=1S/C17H15FN4OS/c1-10(21-16(23)14-9-19-7-8-20-14)15-11(2)22-17(24-15)12-5-3-4-6-13(12)18/h3-10H,1-2H3,(H,21,23)/t10-/m1/s1. The SMILES string of the molecule is Cc1nc(-c2ccccc2F)sc1[C@@H](C)NC(=O)c1cnccn1. The molecule has 2 aromatic heterocycles. The van der Waals surface area contributed by atoms with Crippen LogP contribution in [0, 0.1) is 12.7 Å². The van der Waals surface area contributed by atoms with E-state index >= 15 is 0 Å². The number of aromatic nitrogens is 3. The number of thiazole rings is 1. The van der Waals surface area contributed by atoms with E-state index in [1.807, 2.05) is 13.8 Å². The van der Waals surface area contributed by atoms with Crippen LogP contribution < -0.4 is 5.32 Å². The number of carbonyl (C=O) groups is 1. The Kier molecular flexibility index (Phi) is 4.61. The molecular weight excluding hydrogens is 327 g/mol. The zero-order valence-corrected chi connectivity index (χ0v) is 14.0. The number of aryl methyl sites for hydroxylation is 1. The molecule has 0 bridgehead atoms. The summed E-state index contributed by atoms with van der Waals surface area (Å²) >= 11 is 1.37. The monoisotopic (exact) mass is 342 g/mol. The first kappa shape index (κ1) is 16.2. The van der Waals surface area contributed by atoms with E-state index in [0.717, 1.165) is 10.6 Å². The van der Waals surface area contributed by atoms with E-state index in [4.69, 9.17) is 0 Å². The molecule has 0 saturated carbocycles. The van der Waals surface area contributed by atoms with Crippen LogP contribution in [0.4, 0.5) is 4.39 Å². The second kappa shape index (κ2) is 6.84. The van der Waals surface area contributed by atoms with Crippen LogP contribution in [0.1, 0.15) is 34.0 Å². The lowest BCUT2D eigenvalue weighted by atomic mass is 10.2. The predicted molar refractivity (Wildman–Crippen MR) is 90.2 cm³/mol. The lowest BCUT2D eigenvalue weighted by Crippen LogP contribution is -2.27. The highest BCUT2D eigenvalue weighted by atomic mass is 32.1. The highest BCUT2D eigenvalue weighted by Crippen LogP contribution is 2.33. The molecule has 5 nitrogen and oxygen atoms in total. The van der Waals surface area contributed by atoms with Crippen molar-refractivity contribution < 1.29 is 9.18 Å². The molecule has 1 aromatic carbocycles.